The van der Waals surface area contributed by atoms with Crippen LogP contribution in [0.25, 0.3) is 10.9 Å². The fraction of sp³-hybridized carbons (Fsp3) is 0.440. The summed E-state index contributed by atoms with van der Waals surface area (Å²) in [5.41, 5.74) is 3.52. The molecule has 0 aliphatic carbocycles. The number of para-hydroxylation sites is 1. The lowest BCUT2D eigenvalue weighted by atomic mass is 9.89. The molecular formula is C25H32N2O4. The van der Waals surface area contributed by atoms with E-state index in [2.05, 4.69) is 28.2 Å². The van der Waals surface area contributed by atoms with E-state index in [4.69, 9.17) is 14.2 Å². The van der Waals surface area contributed by atoms with E-state index >= 15 is 0 Å². The standard InChI is InChI=1S/C25H32N2O4/c1-29-21-7-8-24-22(13-21)23(14-26-24)18-9-11-27(12-10-18)15-20(28)17-31-16-19-5-3-4-6-25(19)30-2/h3-8,13-14,18,20,26,28H,9-12,15-17H2,1-2H3. The molecule has 0 saturated carbocycles. The van der Waals surface area contributed by atoms with Crippen molar-refractivity contribution in [2.75, 3.05) is 40.5 Å². The van der Waals surface area contributed by atoms with Crippen LogP contribution in [0.5, 0.6) is 11.5 Å². The van der Waals surface area contributed by atoms with Crippen LogP contribution in [-0.2, 0) is 11.3 Å². The third-order valence-electron chi connectivity index (χ3n) is 6.18. The Morgan fingerprint density at radius 1 is 1.10 bits per heavy atom. The highest BCUT2D eigenvalue weighted by atomic mass is 16.5. The van der Waals surface area contributed by atoms with E-state index in [1.54, 1.807) is 14.2 Å². The zero-order valence-electron chi connectivity index (χ0n) is 18.3. The molecule has 3 aromatic rings. The minimum atomic E-state index is -0.497. The van der Waals surface area contributed by atoms with Gasteiger partial charge in [0.05, 0.1) is 33.5 Å². The van der Waals surface area contributed by atoms with Crippen LogP contribution >= 0.6 is 0 Å². The van der Waals surface area contributed by atoms with Crippen molar-refractivity contribution in [3.05, 3.63) is 59.8 Å². The van der Waals surface area contributed by atoms with Crippen molar-refractivity contribution in [2.24, 2.45) is 0 Å². The number of fused-ring (bicyclic) bond motifs is 1. The first kappa shape index (κ1) is 21.7. The molecule has 1 aliphatic heterocycles. The number of β-amino-alcohol motifs (C(OH)–C–C–N with tert-alkyl or cyclic N) is 1. The van der Waals surface area contributed by atoms with Crippen molar-refractivity contribution in [2.45, 2.75) is 31.5 Å². The monoisotopic (exact) mass is 424 g/mol. The Hall–Kier alpha value is -2.54. The molecule has 6 nitrogen and oxygen atoms in total. The van der Waals surface area contributed by atoms with Crippen LogP contribution in [0.1, 0.15) is 29.9 Å². The van der Waals surface area contributed by atoms with E-state index in [9.17, 15) is 5.11 Å². The zero-order valence-corrected chi connectivity index (χ0v) is 18.3. The molecule has 1 unspecified atom stereocenters. The highest BCUT2D eigenvalue weighted by molar-refractivity contribution is 5.85. The number of aliphatic hydroxyl groups is 1. The largest absolute Gasteiger partial charge is 0.497 e. The van der Waals surface area contributed by atoms with Gasteiger partial charge < -0.3 is 29.2 Å². The lowest BCUT2D eigenvalue weighted by Gasteiger charge is -2.33. The molecule has 2 aromatic carbocycles. The summed E-state index contributed by atoms with van der Waals surface area (Å²) in [6, 6.07) is 14.0. The molecule has 1 aliphatic rings. The van der Waals surface area contributed by atoms with Crippen LogP contribution in [0, 0.1) is 0 Å². The fourth-order valence-corrected chi connectivity index (χ4v) is 4.49. The Bertz CT molecular complexity index is 979. The van der Waals surface area contributed by atoms with Crippen molar-refractivity contribution in [3.63, 3.8) is 0 Å². The number of ether oxygens (including phenoxy) is 3. The molecule has 1 atom stereocenters. The van der Waals surface area contributed by atoms with E-state index in [1.807, 2.05) is 30.3 Å². The van der Waals surface area contributed by atoms with Gasteiger partial charge in [-0.3, -0.25) is 0 Å². The Labute approximate surface area is 183 Å². The average molecular weight is 425 g/mol. The van der Waals surface area contributed by atoms with E-state index in [1.165, 1.54) is 10.9 Å². The van der Waals surface area contributed by atoms with Gasteiger partial charge in [-0.25, -0.2) is 0 Å². The molecule has 1 aromatic heterocycles. The predicted molar refractivity (Wildman–Crippen MR) is 122 cm³/mol. The lowest BCUT2D eigenvalue weighted by molar-refractivity contribution is 0.00578. The summed E-state index contributed by atoms with van der Waals surface area (Å²) in [7, 11) is 3.36. The number of aliphatic hydroxyl groups excluding tert-OH is 1. The van der Waals surface area contributed by atoms with Crippen LogP contribution in [0.4, 0.5) is 0 Å². The van der Waals surface area contributed by atoms with Gasteiger partial charge in [-0.2, -0.15) is 0 Å². The first-order chi connectivity index (χ1) is 15.2. The molecule has 166 valence electrons. The molecule has 0 radical (unpaired) electrons. The van der Waals surface area contributed by atoms with Crippen LogP contribution in [0.15, 0.2) is 48.7 Å². The van der Waals surface area contributed by atoms with Crippen molar-refractivity contribution >= 4 is 10.9 Å². The molecule has 0 spiro atoms. The highest BCUT2D eigenvalue weighted by Gasteiger charge is 2.24. The summed E-state index contributed by atoms with van der Waals surface area (Å²) < 4.78 is 16.5. The predicted octanol–water partition coefficient (Wildman–Crippen LogP) is 3.94. The van der Waals surface area contributed by atoms with E-state index < -0.39 is 6.10 Å². The molecule has 1 saturated heterocycles. The van der Waals surface area contributed by atoms with Gasteiger partial charge in [0.15, 0.2) is 0 Å². The number of H-pyrrole nitrogens is 1. The van der Waals surface area contributed by atoms with Gasteiger partial charge in [0, 0.05) is 29.2 Å². The van der Waals surface area contributed by atoms with E-state index in [-0.39, 0.29) is 0 Å². The maximum absolute atomic E-state index is 10.4. The number of hydrogen-bond donors (Lipinski definition) is 2. The Balaban J connectivity index is 1.25. The smallest absolute Gasteiger partial charge is 0.124 e. The van der Waals surface area contributed by atoms with Crippen LogP contribution in [-0.4, -0.2) is 61.6 Å². The minimum absolute atomic E-state index is 0.320. The summed E-state index contributed by atoms with van der Waals surface area (Å²) in [4.78, 5) is 5.73. The Kier molecular flexibility index (Phi) is 7.12. The van der Waals surface area contributed by atoms with Crippen molar-refractivity contribution in [1.29, 1.82) is 0 Å². The molecule has 4 rings (SSSR count). The maximum atomic E-state index is 10.4. The van der Waals surface area contributed by atoms with Gasteiger partial charge in [-0.05, 0) is 61.7 Å². The van der Waals surface area contributed by atoms with Crippen molar-refractivity contribution in [1.82, 2.24) is 9.88 Å². The molecule has 2 N–H and O–H groups in total. The number of benzene rings is 2. The third kappa shape index (κ3) is 5.21. The lowest BCUT2D eigenvalue weighted by Crippen LogP contribution is -2.39. The number of rotatable bonds is 9. The number of likely N-dealkylation sites (tertiary alicyclic amines) is 1. The van der Waals surface area contributed by atoms with Crippen LogP contribution < -0.4 is 9.47 Å². The second-order valence-electron chi connectivity index (χ2n) is 8.21. The average Bonchev–Trinajstić information content (AvgIpc) is 3.23. The Morgan fingerprint density at radius 3 is 2.68 bits per heavy atom. The molecule has 2 heterocycles. The van der Waals surface area contributed by atoms with Gasteiger partial charge in [0.2, 0.25) is 0 Å². The first-order valence-corrected chi connectivity index (χ1v) is 10.9. The number of aromatic nitrogens is 1. The summed E-state index contributed by atoms with van der Waals surface area (Å²) >= 11 is 0. The zero-order chi connectivity index (χ0) is 21.6. The fourth-order valence-electron chi connectivity index (χ4n) is 4.49. The van der Waals surface area contributed by atoms with Gasteiger partial charge in [-0.15, -0.1) is 0 Å². The molecule has 6 heteroatoms. The summed E-state index contributed by atoms with van der Waals surface area (Å²) in [5, 5.41) is 11.7. The second-order valence-corrected chi connectivity index (χ2v) is 8.21. The van der Waals surface area contributed by atoms with Gasteiger partial charge in [0.25, 0.3) is 0 Å². The highest BCUT2D eigenvalue weighted by Crippen LogP contribution is 2.34. The Morgan fingerprint density at radius 2 is 1.90 bits per heavy atom. The molecule has 0 amide bonds. The third-order valence-corrected chi connectivity index (χ3v) is 6.18. The normalized spacial score (nSPS) is 16.5. The van der Waals surface area contributed by atoms with Crippen molar-refractivity contribution < 1.29 is 19.3 Å². The topological polar surface area (TPSA) is 67.0 Å². The number of nitrogens with zero attached hydrogens (tertiary/aromatic N) is 1. The first-order valence-electron chi connectivity index (χ1n) is 10.9. The molecule has 31 heavy (non-hydrogen) atoms. The second kappa shape index (κ2) is 10.2. The summed E-state index contributed by atoms with van der Waals surface area (Å²) in [5.74, 6) is 2.23. The molecule has 0 bridgehead atoms. The van der Waals surface area contributed by atoms with Gasteiger partial charge in [-0.1, -0.05) is 18.2 Å². The SMILES string of the molecule is COc1ccc2[nH]cc(C3CCN(CC(O)COCc4ccccc4OC)CC3)c2c1. The number of methoxy groups -OCH3 is 2. The number of nitrogens with one attached hydrogen (secondary N) is 1. The van der Waals surface area contributed by atoms with Gasteiger partial charge in [0.1, 0.15) is 11.5 Å². The minimum Gasteiger partial charge on any atom is -0.497 e. The van der Waals surface area contributed by atoms with E-state index in [0.29, 0.717) is 25.7 Å². The number of aromatic amines is 1. The number of piperidine rings is 1. The van der Waals surface area contributed by atoms with E-state index in [0.717, 1.165) is 48.5 Å². The molecular weight excluding hydrogens is 392 g/mol. The van der Waals surface area contributed by atoms with Gasteiger partial charge >= 0.3 is 0 Å². The number of hydrogen-bond acceptors (Lipinski definition) is 5. The quantitative estimate of drug-likeness (QED) is 0.545. The van der Waals surface area contributed by atoms with Crippen LogP contribution in [0.2, 0.25) is 0 Å². The summed E-state index contributed by atoms with van der Waals surface area (Å²) in [6.07, 6.45) is 3.81. The summed E-state index contributed by atoms with van der Waals surface area (Å²) in [6.45, 7) is 3.35. The maximum Gasteiger partial charge on any atom is 0.124 e. The van der Waals surface area contributed by atoms with Crippen molar-refractivity contribution in [3.8, 4) is 11.5 Å². The van der Waals surface area contributed by atoms with Crippen LogP contribution in [0.3, 0.4) is 0 Å². The molecule has 1 fully saturated rings.